The topological polar surface area (TPSA) is 87.6 Å². The normalized spacial score (nSPS) is 10.8. The molecule has 1 aromatic heterocycles. The van der Waals surface area contributed by atoms with Crippen molar-refractivity contribution in [1.82, 2.24) is 20.9 Å². The number of ether oxygens (including phenoxy) is 1. The van der Waals surface area contributed by atoms with E-state index in [1.165, 1.54) is 0 Å². The van der Waals surface area contributed by atoms with Gasteiger partial charge in [-0.25, -0.2) is 4.99 Å². The van der Waals surface area contributed by atoms with Crippen molar-refractivity contribution in [2.24, 2.45) is 4.99 Å². The van der Waals surface area contributed by atoms with E-state index in [4.69, 9.17) is 4.74 Å². The van der Waals surface area contributed by atoms with Gasteiger partial charge in [-0.3, -0.25) is 9.78 Å². The molecule has 0 aliphatic carbocycles. The fourth-order valence-corrected chi connectivity index (χ4v) is 3.06. The molecule has 1 amide bonds. The van der Waals surface area contributed by atoms with E-state index in [-0.39, 0.29) is 29.9 Å². The molecule has 164 valence electrons. The number of aliphatic imine (C=N–C) groups is 1. The summed E-state index contributed by atoms with van der Waals surface area (Å²) in [5, 5.41) is 9.24. The molecule has 0 radical (unpaired) electrons. The lowest BCUT2D eigenvalue weighted by Crippen LogP contribution is -2.38. The average molecular weight is 525 g/mol. The molecule has 1 heterocycles. The zero-order valence-corrected chi connectivity index (χ0v) is 20.7. The van der Waals surface area contributed by atoms with Crippen LogP contribution in [0, 0.1) is 13.8 Å². The van der Waals surface area contributed by atoms with Crippen molar-refractivity contribution < 1.29 is 9.53 Å². The van der Waals surface area contributed by atoms with E-state index < -0.39 is 0 Å². The third-order valence-electron chi connectivity index (χ3n) is 4.60. The number of aromatic nitrogens is 1. The van der Waals surface area contributed by atoms with Gasteiger partial charge in [0.25, 0.3) is 5.91 Å². The fourth-order valence-electron chi connectivity index (χ4n) is 3.06. The summed E-state index contributed by atoms with van der Waals surface area (Å²) in [5.74, 6) is 1.51. The highest BCUT2D eigenvalue weighted by Gasteiger charge is 2.09. The summed E-state index contributed by atoms with van der Waals surface area (Å²) in [4.78, 5) is 20.9. The highest BCUT2D eigenvalue weighted by Crippen LogP contribution is 2.24. The average Bonchev–Trinajstić information content (AvgIpc) is 2.73. The number of guanidine groups is 1. The summed E-state index contributed by atoms with van der Waals surface area (Å²) >= 11 is 0. The summed E-state index contributed by atoms with van der Waals surface area (Å²) in [7, 11) is 3.31. The van der Waals surface area contributed by atoms with E-state index in [2.05, 4.69) is 25.9 Å². The van der Waals surface area contributed by atoms with E-state index in [1.807, 2.05) is 51.2 Å². The minimum atomic E-state index is -0.0777. The molecule has 0 bridgehead atoms. The molecule has 0 saturated carbocycles. The molecule has 0 saturated heterocycles. The second-order valence-corrected chi connectivity index (χ2v) is 6.70. The van der Waals surface area contributed by atoms with Gasteiger partial charge < -0.3 is 20.7 Å². The minimum absolute atomic E-state index is 0. The number of benzene rings is 1. The summed E-state index contributed by atoms with van der Waals surface area (Å²) in [6.07, 6.45) is 2.60. The number of carbonyl (C=O) groups is 1. The van der Waals surface area contributed by atoms with Gasteiger partial charge in [0.05, 0.1) is 19.3 Å². The first-order chi connectivity index (χ1) is 14.0. The maximum atomic E-state index is 11.8. The molecule has 2 aromatic rings. The standard InChI is InChI=1S/C22H31N5O2.HI/c1-6-24-22(27-14-19-16(3)20(29-5)15(2)13-26-19)25-11-10-17-8-7-9-18(12-17)21(28)23-4;/h7-9,12-13H,6,10-11,14H2,1-5H3,(H,23,28)(H2,24,25,27);1H. The number of pyridine rings is 1. The molecule has 0 fully saturated rings. The molecule has 2 rings (SSSR count). The van der Waals surface area contributed by atoms with Gasteiger partial charge in [-0.15, -0.1) is 24.0 Å². The van der Waals surface area contributed by atoms with Crippen molar-refractivity contribution >= 4 is 35.8 Å². The summed E-state index contributed by atoms with van der Waals surface area (Å²) in [6, 6.07) is 7.64. The first-order valence-corrected chi connectivity index (χ1v) is 9.82. The molecule has 0 aliphatic rings. The van der Waals surface area contributed by atoms with Gasteiger partial charge >= 0.3 is 0 Å². The van der Waals surface area contributed by atoms with Gasteiger partial charge in [0, 0.05) is 43.0 Å². The highest BCUT2D eigenvalue weighted by atomic mass is 127. The third kappa shape index (κ3) is 7.16. The van der Waals surface area contributed by atoms with Gasteiger partial charge in [0.1, 0.15) is 5.75 Å². The number of carbonyl (C=O) groups excluding carboxylic acids is 1. The Labute approximate surface area is 196 Å². The molecular weight excluding hydrogens is 493 g/mol. The lowest BCUT2D eigenvalue weighted by atomic mass is 10.1. The highest BCUT2D eigenvalue weighted by molar-refractivity contribution is 14.0. The maximum Gasteiger partial charge on any atom is 0.251 e. The molecule has 8 heteroatoms. The third-order valence-corrected chi connectivity index (χ3v) is 4.60. The van der Waals surface area contributed by atoms with Crippen LogP contribution in [0.15, 0.2) is 35.5 Å². The molecular formula is C22H32IN5O2. The van der Waals surface area contributed by atoms with Crippen LogP contribution in [0.3, 0.4) is 0 Å². The van der Waals surface area contributed by atoms with Crippen molar-refractivity contribution in [2.45, 2.75) is 33.7 Å². The Bertz CT molecular complexity index is 871. The Morgan fingerprint density at radius 2 is 2.00 bits per heavy atom. The zero-order valence-electron chi connectivity index (χ0n) is 18.3. The van der Waals surface area contributed by atoms with E-state index in [0.717, 1.165) is 47.1 Å². The number of hydrogen-bond acceptors (Lipinski definition) is 4. The van der Waals surface area contributed by atoms with Gasteiger partial charge in [-0.1, -0.05) is 12.1 Å². The number of nitrogens with zero attached hydrogens (tertiary/aromatic N) is 2. The number of halogens is 1. The van der Waals surface area contributed by atoms with Crippen molar-refractivity contribution in [3.05, 3.63) is 58.4 Å². The molecule has 3 N–H and O–H groups in total. The number of nitrogens with one attached hydrogen (secondary N) is 3. The van der Waals surface area contributed by atoms with Crippen LogP contribution in [0.4, 0.5) is 0 Å². The first-order valence-electron chi connectivity index (χ1n) is 9.82. The van der Waals surface area contributed by atoms with Gasteiger partial charge in [0.15, 0.2) is 5.96 Å². The number of aryl methyl sites for hydroxylation is 1. The fraction of sp³-hybridized carbons (Fsp3) is 0.409. The smallest absolute Gasteiger partial charge is 0.251 e. The summed E-state index contributed by atoms with van der Waals surface area (Å²) in [6.45, 7) is 7.95. The first kappa shape index (κ1) is 25.7. The Morgan fingerprint density at radius 3 is 2.67 bits per heavy atom. The van der Waals surface area contributed by atoms with E-state index in [0.29, 0.717) is 18.7 Å². The van der Waals surface area contributed by atoms with Crippen LogP contribution in [0.25, 0.3) is 0 Å². The van der Waals surface area contributed by atoms with Crippen LogP contribution in [-0.2, 0) is 13.0 Å². The van der Waals surface area contributed by atoms with Crippen molar-refractivity contribution in [2.75, 3.05) is 27.2 Å². The van der Waals surface area contributed by atoms with Crippen LogP contribution in [0.5, 0.6) is 5.75 Å². The number of hydrogen-bond donors (Lipinski definition) is 3. The Balaban J connectivity index is 0.00000450. The predicted octanol–water partition coefficient (Wildman–Crippen LogP) is 2.98. The number of methoxy groups -OCH3 is 1. The van der Waals surface area contributed by atoms with Crippen LogP contribution in [0.1, 0.15) is 39.7 Å². The molecule has 0 unspecified atom stereocenters. The summed E-state index contributed by atoms with van der Waals surface area (Å²) in [5.41, 5.74) is 4.68. The second-order valence-electron chi connectivity index (χ2n) is 6.70. The van der Waals surface area contributed by atoms with Crippen LogP contribution in [-0.4, -0.2) is 44.1 Å². The quantitative estimate of drug-likeness (QED) is 0.280. The van der Waals surface area contributed by atoms with Gasteiger partial charge in [-0.2, -0.15) is 0 Å². The SMILES string of the molecule is CCNC(=NCc1ncc(C)c(OC)c1C)NCCc1cccc(C(=O)NC)c1.I. The van der Waals surface area contributed by atoms with Crippen LogP contribution >= 0.6 is 24.0 Å². The Morgan fingerprint density at radius 1 is 1.23 bits per heavy atom. The van der Waals surface area contributed by atoms with Crippen molar-refractivity contribution in [1.29, 1.82) is 0 Å². The molecule has 0 atom stereocenters. The van der Waals surface area contributed by atoms with E-state index in [9.17, 15) is 4.79 Å². The van der Waals surface area contributed by atoms with Gasteiger partial charge in [-0.05, 0) is 44.9 Å². The van der Waals surface area contributed by atoms with Crippen molar-refractivity contribution in [3.8, 4) is 5.75 Å². The molecule has 0 aliphatic heterocycles. The number of rotatable bonds is 8. The lowest BCUT2D eigenvalue weighted by Gasteiger charge is -2.13. The van der Waals surface area contributed by atoms with Crippen molar-refractivity contribution in [3.63, 3.8) is 0 Å². The molecule has 7 nitrogen and oxygen atoms in total. The Hall–Kier alpha value is -2.36. The molecule has 1 aromatic carbocycles. The number of amides is 1. The zero-order chi connectivity index (χ0) is 21.2. The van der Waals surface area contributed by atoms with Gasteiger partial charge in [0.2, 0.25) is 0 Å². The largest absolute Gasteiger partial charge is 0.496 e. The second kappa shape index (κ2) is 13.0. The monoisotopic (exact) mass is 525 g/mol. The van der Waals surface area contributed by atoms with Crippen LogP contribution < -0.4 is 20.7 Å². The van der Waals surface area contributed by atoms with E-state index >= 15 is 0 Å². The van der Waals surface area contributed by atoms with E-state index in [1.54, 1.807) is 14.2 Å². The molecule has 0 spiro atoms. The molecule has 30 heavy (non-hydrogen) atoms. The maximum absolute atomic E-state index is 11.8. The Kier molecular flexibility index (Phi) is 11.2. The lowest BCUT2D eigenvalue weighted by molar-refractivity contribution is 0.0963. The summed E-state index contributed by atoms with van der Waals surface area (Å²) < 4.78 is 5.47. The predicted molar refractivity (Wildman–Crippen MR) is 132 cm³/mol. The van der Waals surface area contributed by atoms with Crippen LogP contribution in [0.2, 0.25) is 0 Å². The minimum Gasteiger partial charge on any atom is -0.496 e.